The van der Waals surface area contributed by atoms with Crippen LogP contribution in [0.25, 0.3) is 10.9 Å². The van der Waals surface area contributed by atoms with Gasteiger partial charge in [0.15, 0.2) is 5.78 Å². The second-order valence-corrected chi connectivity index (χ2v) is 7.50. The molecule has 2 N–H and O–H groups in total. The summed E-state index contributed by atoms with van der Waals surface area (Å²) in [5.74, 6) is -0.0300. The molecule has 1 saturated heterocycles. The van der Waals surface area contributed by atoms with Crippen molar-refractivity contribution in [1.82, 2.24) is 14.9 Å². The maximum Gasteiger partial charge on any atom is 0.271 e. The zero-order valence-corrected chi connectivity index (χ0v) is 16.1. The monoisotopic (exact) mass is 363 g/mol. The van der Waals surface area contributed by atoms with Crippen LogP contribution in [0.3, 0.4) is 0 Å². The van der Waals surface area contributed by atoms with E-state index in [1.807, 2.05) is 30.9 Å². The number of aryl methyl sites for hydroxylation is 1. The van der Waals surface area contributed by atoms with E-state index in [4.69, 9.17) is 0 Å². The van der Waals surface area contributed by atoms with Gasteiger partial charge in [-0.1, -0.05) is 18.2 Å². The van der Waals surface area contributed by atoms with Crippen LogP contribution in [0.1, 0.15) is 70.0 Å². The van der Waals surface area contributed by atoms with Crippen molar-refractivity contribution in [3.8, 4) is 0 Å². The molecule has 0 spiro atoms. The summed E-state index contributed by atoms with van der Waals surface area (Å²) in [6.07, 6.45) is 3.04. The van der Waals surface area contributed by atoms with Gasteiger partial charge in [-0.05, 0) is 63.1 Å². The minimum Gasteiger partial charge on any atom is -0.357 e. The number of amides is 1. The van der Waals surface area contributed by atoms with Crippen LogP contribution in [0.5, 0.6) is 0 Å². The number of H-pyrrole nitrogens is 2. The Hall–Kier alpha value is -2.82. The third-order valence-electron chi connectivity index (χ3n) is 5.68. The van der Waals surface area contributed by atoms with E-state index < -0.39 is 0 Å². The first-order valence-electron chi connectivity index (χ1n) is 9.56. The third kappa shape index (κ3) is 2.97. The van der Waals surface area contributed by atoms with E-state index in [2.05, 4.69) is 28.2 Å². The number of piperidine rings is 1. The SMILES string of the molecule is CC(=O)c1c(C)[nH]c(C(=O)N2CCCCC2c2cc3ccccc3[nH]2)c1C. The molecule has 4 rings (SSSR count). The molecule has 0 bridgehead atoms. The number of carbonyl (C=O) groups excluding carboxylic acids is 2. The van der Waals surface area contributed by atoms with Crippen molar-refractivity contribution in [1.29, 1.82) is 0 Å². The molecule has 27 heavy (non-hydrogen) atoms. The maximum absolute atomic E-state index is 13.4. The van der Waals surface area contributed by atoms with E-state index in [1.165, 1.54) is 0 Å². The van der Waals surface area contributed by atoms with E-state index in [0.717, 1.165) is 53.7 Å². The zero-order chi connectivity index (χ0) is 19.1. The van der Waals surface area contributed by atoms with Crippen LogP contribution in [0.2, 0.25) is 0 Å². The summed E-state index contributed by atoms with van der Waals surface area (Å²) in [5.41, 5.74) is 4.87. The Bertz CT molecular complexity index is 995. The number of aromatic amines is 2. The Balaban J connectivity index is 1.71. The van der Waals surface area contributed by atoms with Gasteiger partial charge in [0.2, 0.25) is 0 Å². The Morgan fingerprint density at radius 1 is 1.11 bits per heavy atom. The van der Waals surface area contributed by atoms with Gasteiger partial charge in [0.1, 0.15) is 5.69 Å². The molecule has 5 heteroatoms. The van der Waals surface area contributed by atoms with Crippen molar-refractivity contribution >= 4 is 22.6 Å². The minimum atomic E-state index is -0.0218. The molecule has 0 aliphatic carbocycles. The molecule has 1 aromatic carbocycles. The van der Waals surface area contributed by atoms with Crippen LogP contribution in [0.4, 0.5) is 0 Å². The second kappa shape index (κ2) is 6.72. The van der Waals surface area contributed by atoms with Gasteiger partial charge >= 0.3 is 0 Å². The molecule has 3 heterocycles. The number of ketones is 1. The number of nitrogens with zero attached hydrogens (tertiary/aromatic N) is 1. The van der Waals surface area contributed by atoms with Crippen LogP contribution >= 0.6 is 0 Å². The first-order valence-corrected chi connectivity index (χ1v) is 9.56. The highest BCUT2D eigenvalue weighted by Crippen LogP contribution is 2.34. The Labute approximate surface area is 158 Å². The first-order chi connectivity index (χ1) is 13.0. The minimum absolute atomic E-state index is 0.00823. The third-order valence-corrected chi connectivity index (χ3v) is 5.68. The van der Waals surface area contributed by atoms with Crippen molar-refractivity contribution in [2.24, 2.45) is 0 Å². The summed E-state index contributed by atoms with van der Waals surface area (Å²) < 4.78 is 0. The van der Waals surface area contributed by atoms with Crippen LogP contribution < -0.4 is 0 Å². The number of hydrogen-bond donors (Lipinski definition) is 2. The van der Waals surface area contributed by atoms with E-state index in [0.29, 0.717) is 11.3 Å². The molecule has 1 amide bonds. The van der Waals surface area contributed by atoms with Crippen LogP contribution in [-0.4, -0.2) is 33.1 Å². The number of Topliss-reactive ketones (excluding diaryl/α,β-unsaturated/α-hetero) is 1. The molecule has 1 aliphatic heterocycles. The molecule has 5 nitrogen and oxygen atoms in total. The fourth-order valence-electron chi connectivity index (χ4n) is 4.41. The van der Waals surface area contributed by atoms with Gasteiger partial charge in [0, 0.05) is 29.0 Å². The Kier molecular flexibility index (Phi) is 4.38. The van der Waals surface area contributed by atoms with Crippen molar-refractivity contribution < 1.29 is 9.59 Å². The summed E-state index contributed by atoms with van der Waals surface area (Å²) in [5, 5.41) is 1.16. The van der Waals surface area contributed by atoms with E-state index in [9.17, 15) is 9.59 Å². The van der Waals surface area contributed by atoms with Gasteiger partial charge in [0.25, 0.3) is 5.91 Å². The number of nitrogens with one attached hydrogen (secondary N) is 2. The van der Waals surface area contributed by atoms with Gasteiger partial charge < -0.3 is 14.9 Å². The lowest BCUT2D eigenvalue weighted by molar-refractivity contribution is 0.0600. The number of para-hydroxylation sites is 1. The molecule has 2 aromatic heterocycles. The van der Waals surface area contributed by atoms with E-state index >= 15 is 0 Å². The molecule has 140 valence electrons. The van der Waals surface area contributed by atoms with Crippen molar-refractivity contribution in [2.75, 3.05) is 6.54 Å². The molecule has 1 atom stereocenters. The lowest BCUT2D eigenvalue weighted by Crippen LogP contribution is -2.39. The molecule has 1 fully saturated rings. The summed E-state index contributed by atoms with van der Waals surface area (Å²) in [6.45, 7) is 5.98. The molecular formula is C22H25N3O2. The number of aromatic nitrogens is 2. The predicted molar refractivity (Wildman–Crippen MR) is 106 cm³/mol. The first kappa shape index (κ1) is 17.6. The fraction of sp³-hybridized carbons (Fsp3) is 0.364. The number of carbonyl (C=O) groups is 2. The fourth-order valence-corrected chi connectivity index (χ4v) is 4.41. The highest BCUT2D eigenvalue weighted by atomic mass is 16.2. The number of fused-ring (bicyclic) bond motifs is 1. The number of benzene rings is 1. The van der Waals surface area contributed by atoms with Gasteiger partial charge in [-0.15, -0.1) is 0 Å². The molecular weight excluding hydrogens is 338 g/mol. The van der Waals surface area contributed by atoms with E-state index in [-0.39, 0.29) is 17.7 Å². The lowest BCUT2D eigenvalue weighted by Gasteiger charge is -2.35. The average Bonchev–Trinajstić information content (AvgIpc) is 3.21. The summed E-state index contributed by atoms with van der Waals surface area (Å²) >= 11 is 0. The molecule has 3 aromatic rings. The molecule has 1 unspecified atom stereocenters. The zero-order valence-electron chi connectivity index (χ0n) is 16.1. The largest absolute Gasteiger partial charge is 0.357 e. The Morgan fingerprint density at radius 2 is 1.89 bits per heavy atom. The van der Waals surface area contributed by atoms with Crippen molar-refractivity contribution in [3.63, 3.8) is 0 Å². The van der Waals surface area contributed by atoms with E-state index in [1.54, 1.807) is 6.92 Å². The molecule has 0 radical (unpaired) electrons. The average molecular weight is 363 g/mol. The Morgan fingerprint density at radius 3 is 2.59 bits per heavy atom. The van der Waals surface area contributed by atoms with Gasteiger partial charge in [-0.3, -0.25) is 9.59 Å². The topological polar surface area (TPSA) is 69.0 Å². The molecule has 0 saturated carbocycles. The predicted octanol–water partition coefficient (Wildman–Crippen LogP) is 4.68. The highest BCUT2D eigenvalue weighted by molar-refractivity contribution is 6.02. The highest BCUT2D eigenvalue weighted by Gasteiger charge is 2.32. The van der Waals surface area contributed by atoms with Crippen LogP contribution in [-0.2, 0) is 0 Å². The second-order valence-electron chi connectivity index (χ2n) is 7.50. The van der Waals surface area contributed by atoms with Gasteiger partial charge in [-0.2, -0.15) is 0 Å². The summed E-state index contributed by atoms with van der Waals surface area (Å²) in [4.78, 5) is 33.9. The number of rotatable bonds is 3. The van der Waals surface area contributed by atoms with Gasteiger partial charge in [-0.25, -0.2) is 0 Å². The summed E-state index contributed by atoms with van der Waals surface area (Å²) in [7, 11) is 0. The van der Waals surface area contributed by atoms with Crippen LogP contribution in [0.15, 0.2) is 30.3 Å². The van der Waals surface area contributed by atoms with Gasteiger partial charge in [0.05, 0.1) is 6.04 Å². The number of likely N-dealkylation sites (tertiary alicyclic amines) is 1. The van der Waals surface area contributed by atoms with Crippen molar-refractivity contribution in [2.45, 2.75) is 46.1 Å². The quantitative estimate of drug-likeness (QED) is 0.663. The smallest absolute Gasteiger partial charge is 0.271 e. The standard InChI is InChI=1S/C22H25N3O2/c1-13-20(15(3)26)14(2)23-21(13)22(27)25-11-7-6-10-19(25)18-12-16-8-4-5-9-17(16)24-18/h4-5,8-9,12,19,23-24H,6-7,10-11H2,1-3H3. The normalized spacial score (nSPS) is 17.4. The van der Waals surface area contributed by atoms with Crippen molar-refractivity contribution in [3.05, 3.63) is 58.5 Å². The molecule has 1 aliphatic rings. The summed E-state index contributed by atoms with van der Waals surface area (Å²) in [6, 6.07) is 10.4. The number of hydrogen-bond acceptors (Lipinski definition) is 2. The lowest BCUT2D eigenvalue weighted by atomic mass is 9.98. The maximum atomic E-state index is 13.4. The van der Waals surface area contributed by atoms with Crippen LogP contribution in [0, 0.1) is 13.8 Å².